The maximum absolute atomic E-state index is 12.8. The minimum absolute atomic E-state index is 0.172. The molecule has 3 N–H and O–H groups in total. The van der Waals surface area contributed by atoms with Gasteiger partial charge in [-0.2, -0.15) is 5.10 Å². The number of benzene rings is 2. The van der Waals surface area contributed by atoms with Crippen molar-refractivity contribution < 1.29 is 14.4 Å². The maximum Gasteiger partial charge on any atom is 0.267 e. The zero-order valence-electron chi connectivity index (χ0n) is 19.3. The minimum Gasteiger partial charge on any atom is -0.352 e. The lowest BCUT2D eigenvalue weighted by atomic mass is 10.0. The Morgan fingerprint density at radius 1 is 0.882 bits per heavy atom. The molecule has 3 amide bonds. The third kappa shape index (κ3) is 5.94. The first kappa shape index (κ1) is 24.4. The number of hydrogen-bond acceptors (Lipinski definition) is 5. The van der Waals surface area contributed by atoms with E-state index in [0.717, 1.165) is 5.56 Å². The number of aromatic nitrogens is 2. The molecule has 0 saturated carbocycles. The Labute approximate surface area is 197 Å². The van der Waals surface area contributed by atoms with Crippen LogP contribution in [0.4, 0.5) is 5.69 Å². The lowest BCUT2D eigenvalue weighted by molar-refractivity contribution is -0.129. The molecule has 1 aromatic heterocycles. The first-order chi connectivity index (χ1) is 16.2. The van der Waals surface area contributed by atoms with Crippen molar-refractivity contribution in [2.45, 2.75) is 26.3 Å². The van der Waals surface area contributed by atoms with E-state index in [9.17, 15) is 19.2 Å². The van der Waals surface area contributed by atoms with Crippen LogP contribution >= 0.6 is 0 Å². The zero-order chi connectivity index (χ0) is 24.7. The summed E-state index contributed by atoms with van der Waals surface area (Å²) in [5, 5.41) is 12.5. The van der Waals surface area contributed by atoms with Crippen molar-refractivity contribution in [3.8, 4) is 11.3 Å². The summed E-state index contributed by atoms with van der Waals surface area (Å²) in [6.07, 6.45) is 0. The molecule has 0 atom stereocenters. The molecule has 9 heteroatoms. The van der Waals surface area contributed by atoms with Crippen LogP contribution in [0, 0.1) is 0 Å². The Bertz CT molecular complexity index is 1230. The van der Waals surface area contributed by atoms with E-state index in [-0.39, 0.29) is 24.9 Å². The van der Waals surface area contributed by atoms with Gasteiger partial charge >= 0.3 is 0 Å². The Balaban J connectivity index is 1.58. The second-order valence-electron chi connectivity index (χ2n) is 8.16. The van der Waals surface area contributed by atoms with Gasteiger partial charge in [0.2, 0.25) is 11.8 Å². The lowest BCUT2D eigenvalue weighted by Gasteiger charge is -2.25. The average molecular weight is 462 g/mol. The minimum atomic E-state index is -1.24. The van der Waals surface area contributed by atoms with Crippen LogP contribution < -0.4 is 21.5 Å². The highest BCUT2D eigenvalue weighted by Gasteiger charge is 2.32. The SMILES string of the molecule is CC(=O)Nc1ccc(C(=O)NCCNC(=O)C(C)(C)n2nc(-c3ccccc3)ccc2=O)cc1. The van der Waals surface area contributed by atoms with Crippen LogP contribution in [0.2, 0.25) is 0 Å². The number of anilines is 1. The van der Waals surface area contributed by atoms with Gasteiger partial charge in [-0.3, -0.25) is 19.2 Å². The molecule has 3 aromatic rings. The molecular formula is C25H27N5O4. The van der Waals surface area contributed by atoms with Gasteiger partial charge in [0.15, 0.2) is 0 Å². The van der Waals surface area contributed by atoms with Gasteiger partial charge in [-0.15, -0.1) is 0 Å². The van der Waals surface area contributed by atoms with Crippen molar-refractivity contribution in [2.75, 3.05) is 18.4 Å². The van der Waals surface area contributed by atoms with Crippen molar-refractivity contribution >= 4 is 23.4 Å². The fourth-order valence-corrected chi connectivity index (χ4v) is 3.25. The van der Waals surface area contributed by atoms with Crippen molar-refractivity contribution in [1.82, 2.24) is 20.4 Å². The Morgan fingerprint density at radius 2 is 1.53 bits per heavy atom. The van der Waals surface area contributed by atoms with Gasteiger partial charge in [-0.05, 0) is 44.2 Å². The summed E-state index contributed by atoms with van der Waals surface area (Å²) in [6, 6.07) is 18.9. The summed E-state index contributed by atoms with van der Waals surface area (Å²) in [5.74, 6) is -0.905. The van der Waals surface area contributed by atoms with E-state index in [1.807, 2.05) is 30.3 Å². The number of amides is 3. The fourth-order valence-electron chi connectivity index (χ4n) is 3.25. The Morgan fingerprint density at radius 3 is 2.18 bits per heavy atom. The van der Waals surface area contributed by atoms with Crippen LogP contribution in [-0.4, -0.2) is 40.6 Å². The third-order valence-electron chi connectivity index (χ3n) is 5.12. The summed E-state index contributed by atoms with van der Waals surface area (Å²) in [4.78, 5) is 48.7. The highest BCUT2D eigenvalue weighted by molar-refractivity contribution is 5.95. The summed E-state index contributed by atoms with van der Waals surface area (Å²) in [6.45, 7) is 5.00. The largest absolute Gasteiger partial charge is 0.352 e. The number of carbonyl (C=O) groups excluding carboxylic acids is 3. The predicted octanol–water partition coefficient (Wildman–Crippen LogP) is 2.15. The zero-order valence-corrected chi connectivity index (χ0v) is 19.3. The molecule has 0 unspecified atom stereocenters. The molecule has 1 heterocycles. The first-order valence-corrected chi connectivity index (χ1v) is 10.8. The van der Waals surface area contributed by atoms with Crippen LogP contribution in [0.15, 0.2) is 71.5 Å². The second-order valence-corrected chi connectivity index (χ2v) is 8.16. The average Bonchev–Trinajstić information content (AvgIpc) is 2.82. The molecular weight excluding hydrogens is 434 g/mol. The van der Waals surface area contributed by atoms with E-state index in [4.69, 9.17) is 0 Å². The van der Waals surface area contributed by atoms with Crippen molar-refractivity contribution in [1.29, 1.82) is 0 Å². The molecule has 0 aliphatic carbocycles. The Kier molecular flexibility index (Phi) is 7.57. The molecule has 3 rings (SSSR count). The molecule has 0 aliphatic heterocycles. The van der Waals surface area contributed by atoms with E-state index in [2.05, 4.69) is 21.0 Å². The normalized spacial score (nSPS) is 10.9. The number of rotatable bonds is 8. The molecule has 0 spiro atoms. The standard InChI is InChI=1S/C25H27N5O4/c1-17(31)28-20-11-9-19(10-12-20)23(33)26-15-16-27-24(34)25(2,3)30-22(32)14-13-21(29-30)18-7-5-4-6-8-18/h4-14H,15-16H2,1-3H3,(H,26,33)(H,27,34)(H,28,31). The monoisotopic (exact) mass is 461 g/mol. The van der Waals surface area contributed by atoms with Crippen LogP contribution in [0.25, 0.3) is 11.3 Å². The van der Waals surface area contributed by atoms with Gasteiger partial charge in [0.1, 0.15) is 5.54 Å². The van der Waals surface area contributed by atoms with Gasteiger partial charge in [-0.25, -0.2) is 4.68 Å². The third-order valence-corrected chi connectivity index (χ3v) is 5.12. The van der Waals surface area contributed by atoms with Crippen molar-refractivity contribution in [2.24, 2.45) is 0 Å². The molecule has 0 aliphatic rings. The predicted molar refractivity (Wildman–Crippen MR) is 129 cm³/mol. The van der Waals surface area contributed by atoms with Gasteiger partial charge in [0.05, 0.1) is 5.69 Å². The molecule has 0 fully saturated rings. The molecule has 2 aromatic carbocycles. The second kappa shape index (κ2) is 10.6. The van der Waals surface area contributed by atoms with Gasteiger partial charge in [0.25, 0.3) is 11.5 Å². The van der Waals surface area contributed by atoms with Gasteiger partial charge in [-0.1, -0.05) is 30.3 Å². The summed E-state index contributed by atoms with van der Waals surface area (Å²) in [5.41, 5.74) is 0.799. The van der Waals surface area contributed by atoms with Crippen LogP contribution in [-0.2, 0) is 15.1 Å². The van der Waals surface area contributed by atoms with Crippen molar-refractivity contribution in [3.05, 3.63) is 82.6 Å². The Hall–Kier alpha value is -4.27. The first-order valence-electron chi connectivity index (χ1n) is 10.8. The molecule has 0 bridgehead atoms. The maximum atomic E-state index is 12.8. The smallest absolute Gasteiger partial charge is 0.267 e. The van der Waals surface area contributed by atoms with E-state index in [1.165, 1.54) is 17.7 Å². The van der Waals surface area contributed by atoms with Gasteiger partial charge in [0, 0.05) is 42.9 Å². The van der Waals surface area contributed by atoms with Crippen LogP contribution in [0.3, 0.4) is 0 Å². The number of hydrogen-bond donors (Lipinski definition) is 3. The van der Waals surface area contributed by atoms with E-state index in [1.54, 1.807) is 44.2 Å². The molecule has 9 nitrogen and oxygen atoms in total. The van der Waals surface area contributed by atoms with E-state index < -0.39 is 17.0 Å². The molecule has 176 valence electrons. The van der Waals surface area contributed by atoms with Crippen molar-refractivity contribution in [3.63, 3.8) is 0 Å². The van der Waals surface area contributed by atoms with E-state index in [0.29, 0.717) is 16.9 Å². The molecule has 34 heavy (non-hydrogen) atoms. The number of nitrogens with one attached hydrogen (secondary N) is 3. The topological polar surface area (TPSA) is 122 Å². The van der Waals surface area contributed by atoms with Gasteiger partial charge < -0.3 is 16.0 Å². The van der Waals surface area contributed by atoms with E-state index >= 15 is 0 Å². The summed E-state index contributed by atoms with van der Waals surface area (Å²) < 4.78 is 1.17. The lowest BCUT2D eigenvalue weighted by Crippen LogP contribution is -2.50. The van der Waals surface area contributed by atoms with Crippen LogP contribution in [0.5, 0.6) is 0 Å². The number of carbonyl (C=O) groups is 3. The number of nitrogens with zero attached hydrogens (tertiary/aromatic N) is 2. The molecule has 0 saturated heterocycles. The highest BCUT2D eigenvalue weighted by Crippen LogP contribution is 2.17. The highest BCUT2D eigenvalue weighted by atomic mass is 16.2. The molecule has 0 radical (unpaired) electrons. The van der Waals surface area contributed by atoms with Crippen LogP contribution in [0.1, 0.15) is 31.1 Å². The quantitative estimate of drug-likeness (QED) is 0.444. The summed E-state index contributed by atoms with van der Waals surface area (Å²) >= 11 is 0. The fraction of sp³-hybridized carbons (Fsp3) is 0.240. The summed E-state index contributed by atoms with van der Waals surface area (Å²) in [7, 11) is 0.